The van der Waals surface area contributed by atoms with Gasteiger partial charge in [0.2, 0.25) is 5.91 Å². The van der Waals surface area contributed by atoms with E-state index in [-0.39, 0.29) is 5.91 Å². The molecule has 0 N–H and O–H groups in total. The van der Waals surface area contributed by atoms with Crippen LogP contribution < -0.4 is 0 Å². The summed E-state index contributed by atoms with van der Waals surface area (Å²) in [6.45, 7) is 1.69. The number of carbonyl (C=O) groups is 1. The number of likely N-dealkylation sites (tertiary alicyclic amines) is 1. The molecule has 3 rings (SSSR count). The molecule has 1 saturated heterocycles. The number of nitrogens with zero attached hydrogens (tertiary/aromatic N) is 4. The Morgan fingerprint density at radius 2 is 2.23 bits per heavy atom. The molecule has 1 aliphatic rings. The van der Waals surface area contributed by atoms with Crippen LogP contribution in [0.25, 0.3) is 0 Å². The number of hydrogen-bond donors (Lipinski definition) is 0. The third-order valence-corrected chi connectivity index (χ3v) is 4.20. The summed E-state index contributed by atoms with van der Waals surface area (Å²) in [5.41, 5.74) is 1.06. The molecule has 1 atom stereocenters. The summed E-state index contributed by atoms with van der Waals surface area (Å²) < 4.78 is 1.92. The van der Waals surface area contributed by atoms with Crippen LogP contribution in [0.5, 0.6) is 0 Å². The van der Waals surface area contributed by atoms with Crippen LogP contribution >= 0.6 is 0 Å². The summed E-state index contributed by atoms with van der Waals surface area (Å²) >= 11 is 0. The number of pyridine rings is 1. The third kappa shape index (κ3) is 3.72. The Hall–Kier alpha value is -2.17. The monoisotopic (exact) mass is 298 g/mol. The molecule has 0 bridgehead atoms. The van der Waals surface area contributed by atoms with Crippen molar-refractivity contribution in [1.82, 2.24) is 19.7 Å². The van der Waals surface area contributed by atoms with E-state index >= 15 is 0 Å². The van der Waals surface area contributed by atoms with E-state index in [0.717, 1.165) is 44.5 Å². The van der Waals surface area contributed by atoms with E-state index in [1.165, 1.54) is 0 Å². The summed E-state index contributed by atoms with van der Waals surface area (Å²) in [6, 6.07) is 8.14. The first-order chi connectivity index (χ1) is 10.8. The van der Waals surface area contributed by atoms with Crippen LogP contribution in [-0.2, 0) is 17.8 Å². The molecule has 2 aromatic rings. The fourth-order valence-corrected chi connectivity index (χ4v) is 3.09. The lowest BCUT2D eigenvalue weighted by Crippen LogP contribution is -2.38. The standard InChI is InChI=1S/C17H22N4O/c22-17(9-3-7-15-6-1-2-10-18-15)21-13-4-8-16(21)14-20-12-5-11-19-20/h1-2,5-6,10-12,16H,3-4,7-9,13-14H2. The molecule has 0 aromatic carbocycles. The first-order valence-corrected chi connectivity index (χ1v) is 8.00. The Labute approximate surface area is 131 Å². The molecule has 22 heavy (non-hydrogen) atoms. The van der Waals surface area contributed by atoms with E-state index < -0.39 is 0 Å². The third-order valence-electron chi connectivity index (χ3n) is 4.20. The van der Waals surface area contributed by atoms with Crippen LogP contribution in [0, 0.1) is 0 Å². The van der Waals surface area contributed by atoms with Gasteiger partial charge in [0.15, 0.2) is 0 Å². The molecule has 0 radical (unpaired) electrons. The summed E-state index contributed by atoms with van der Waals surface area (Å²) in [7, 11) is 0. The molecule has 116 valence electrons. The average molecular weight is 298 g/mol. The Morgan fingerprint density at radius 1 is 1.27 bits per heavy atom. The molecule has 0 aliphatic carbocycles. The number of aryl methyl sites for hydroxylation is 1. The minimum absolute atomic E-state index is 0.269. The van der Waals surface area contributed by atoms with Gasteiger partial charge in [-0.3, -0.25) is 14.5 Å². The van der Waals surface area contributed by atoms with E-state index in [4.69, 9.17) is 0 Å². The normalized spacial score (nSPS) is 17.8. The maximum atomic E-state index is 12.5. The highest BCUT2D eigenvalue weighted by Crippen LogP contribution is 2.20. The van der Waals surface area contributed by atoms with E-state index in [0.29, 0.717) is 12.5 Å². The minimum atomic E-state index is 0.269. The second-order valence-corrected chi connectivity index (χ2v) is 5.79. The van der Waals surface area contributed by atoms with Crippen molar-refractivity contribution in [3.05, 3.63) is 48.5 Å². The Morgan fingerprint density at radius 3 is 3.00 bits per heavy atom. The second-order valence-electron chi connectivity index (χ2n) is 5.79. The van der Waals surface area contributed by atoms with Gasteiger partial charge in [-0.25, -0.2) is 0 Å². The predicted molar refractivity (Wildman–Crippen MR) is 84.1 cm³/mol. The van der Waals surface area contributed by atoms with Gasteiger partial charge in [-0.2, -0.15) is 5.10 Å². The predicted octanol–water partition coefficient (Wildman–Crippen LogP) is 2.29. The quantitative estimate of drug-likeness (QED) is 0.822. The maximum absolute atomic E-state index is 12.5. The molecule has 1 amide bonds. The molecule has 1 aliphatic heterocycles. The molecule has 5 heteroatoms. The van der Waals surface area contributed by atoms with Gasteiger partial charge in [0.1, 0.15) is 0 Å². The molecule has 1 unspecified atom stereocenters. The van der Waals surface area contributed by atoms with Crippen LogP contribution in [0.2, 0.25) is 0 Å². The second kappa shape index (κ2) is 7.20. The molecule has 1 fully saturated rings. The van der Waals surface area contributed by atoms with Crippen molar-refractivity contribution < 1.29 is 4.79 Å². The molecule has 0 spiro atoms. The Balaban J connectivity index is 1.48. The lowest BCUT2D eigenvalue weighted by atomic mass is 10.1. The molecule has 0 saturated carbocycles. The Bertz CT molecular complexity index is 582. The first-order valence-electron chi connectivity index (χ1n) is 8.00. The average Bonchev–Trinajstić information content (AvgIpc) is 3.20. The molecule has 2 aromatic heterocycles. The summed E-state index contributed by atoms with van der Waals surface area (Å²) in [6.07, 6.45) is 10.1. The van der Waals surface area contributed by atoms with Gasteiger partial charge in [0.25, 0.3) is 0 Å². The zero-order chi connectivity index (χ0) is 15.2. The Kier molecular flexibility index (Phi) is 4.83. The van der Waals surface area contributed by atoms with Gasteiger partial charge in [0, 0.05) is 37.3 Å². The van der Waals surface area contributed by atoms with Crippen molar-refractivity contribution in [2.45, 2.75) is 44.7 Å². The zero-order valence-electron chi connectivity index (χ0n) is 12.8. The van der Waals surface area contributed by atoms with Gasteiger partial charge in [-0.1, -0.05) is 6.07 Å². The van der Waals surface area contributed by atoms with Crippen molar-refractivity contribution in [3.63, 3.8) is 0 Å². The van der Waals surface area contributed by atoms with Crippen molar-refractivity contribution >= 4 is 5.91 Å². The van der Waals surface area contributed by atoms with Gasteiger partial charge < -0.3 is 4.90 Å². The van der Waals surface area contributed by atoms with Crippen molar-refractivity contribution in [3.8, 4) is 0 Å². The lowest BCUT2D eigenvalue weighted by Gasteiger charge is -2.24. The molecule has 3 heterocycles. The van der Waals surface area contributed by atoms with Crippen molar-refractivity contribution in [2.24, 2.45) is 0 Å². The molecular weight excluding hydrogens is 276 g/mol. The number of aromatic nitrogens is 3. The molecular formula is C17H22N4O. The van der Waals surface area contributed by atoms with Gasteiger partial charge in [-0.15, -0.1) is 0 Å². The lowest BCUT2D eigenvalue weighted by molar-refractivity contribution is -0.132. The number of amides is 1. The fraction of sp³-hybridized carbons (Fsp3) is 0.471. The van der Waals surface area contributed by atoms with Gasteiger partial charge in [-0.05, 0) is 43.9 Å². The van der Waals surface area contributed by atoms with E-state index in [2.05, 4.69) is 10.1 Å². The number of hydrogen-bond acceptors (Lipinski definition) is 3. The SMILES string of the molecule is O=C(CCCc1ccccn1)N1CCCC1Cn1cccn1. The van der Waals surface area contributed by atoms with Crippen LogP contribution in [0.1, 0.15) is 31.4 Å². The highest BCUT2D eigenvalue weighted by molar-refractivity contribution is 5.76. The van der Waals surface area contributed by atoms with E-state index in [1.54, 1.807) is 12.4 Å². The highest BCUT2D eigenvalue weighted by Gasteiger charge is 2.28. The first kappa shape index (κ1) is 14.8. The molecule has 5 nitrogen and oxygen atoms in total. The smallest absolute Gasteiger partial charge is 0.222 e. The van der Waals surface area contributed by atoms with Crippen molar-refractivity contribution in [2.75, 3.05) is 6.54 Å². The number of rotatable bonds is 6. The van der Waals surface area contributed by atoms with Crippen LogP contribution in [-0.4, -0.2) is 38.2 Å². The topological polar surface area (TPSA) is 51.0 Å². The van der Waals surface area contributed by atoms with Gasteiger partial charge in [0.05, 0.1) is 12.6 Å². The zero-order valence-corrected chi connectivity index (χ0v) is 12.8. The van der Waals surface area contributed by atoms with Crippen molar-refractivity contribution in [1.29, 1.82) is 0 Å². The van der Waals surface area contributed by atoms with E-state index in [9.17, 15) is 4.79 Å². The van der Waals surface area contributed by atoms with Crippen LogP contribution in [0.15, 0.2) is 42.9 Å². The minimum Gasteiger partial charge on any atom is -0.338 e. The summed E-state index contributed by atoms with van der Waals surface area (Å²) in [5, 5.41) is 4.25. The highest BCUT2D eigenvalue weighted by atomic mass is 16.2. The largest absolute Gasteiger partial charge is 0.338 e. The van der Waals surface area contributed by atoms with E-state index in [1.807, 2.05) is 40.0 Å². The maximum Gasteiger partial charge on any atom is 0.222 e. The number of carbonyl (C=O) groups excluding carboxylic acids is 1. The summed E-state index contributed by atoms with van der Waals surface area (Å²) in [4.78, 5) is 18.8. The van der Waals surface area contributed by atoms with Crippen LogP contribution in [0.3, 0.4) is 0 Å². The van der Waals surface area contributed by atoms with Gasteiger partial charge >= 0.3 is 0 Å². The summed E-state index contributed by atoms with van der Waals surface area (Å²) in [5.74, 6) is 0.269. The fourth-order valence-electron chi connectivity index (χ4n) is 3.09. The van der Waals surface area contributed by atoms with Crippen LogP contribution in [0.4, 0.5) is 0 Å².